The van der Waals surface area contributed by atoms with Gasteiger partial charge < -0.3 is 4.57 Å². The Morgan fingerprint density at radius 1 is 1.00 bits per heavy atom. The lowest BCUT2D eigenvalue weighted by atomic mass is 9.87. The molecule has 0 amide bonds. The highest BCUT2D eigenvalue weighted by Gasteiger charge is 2.15. The van der Waals surface area contributed by atoms with Crippen molar-refractivity contribution < 1.29 is 0 Å². The summed E-state index contributed by atoms with van der Waals surface area (Å²) >= 11 is 1.72. The first-order valence-electron chi connectivity index (χ1n) is 8.53. The predicted octanol–water partition coefficient (Wildman–Crippen LogP) is 5.38. The van der Waals surface area contributed by atoms with Gasteiger partial charge in [0, 0.05) is 18.4 Å². The molecule has 0 aliphatic heterocycles. The van der Waals surface area contributed by atoms with E-state index in [2.05, 4.69) is 91.0 Å². The molecule has 0 unspecified atom stereocenters. The number of rotatable bonds is 4. The highest BCUT2D eigenvalue weighted by Crippen LogP contribution is 2.28. The first-order chi connectivity index (χ1) is 11.8. The average molecular weight is 352 g/mol. The molecule has 0 saturated carbocycles. The predicted molar refractivity (Wildman–Crippen MR) is 106 cm³/mol. The standard InChI is InChI=1S/C21H25N3S/c1-15-7-6-8-16(13-15)14-25-20-23-22-19(24(20)5)17-9-11-18(12-10-17)21(2,3)4/h6-13H,14H2,1-5H3. The molecule has 0 saturated heterocycles. The Hall–Kier alpha value is -2.07. The van der Waals surface area contributed by atoms with Crippen molar-refractivity contribution in [3.8, 4) is 11.4 Å². The van der Waals surface area contributed by atoms with Gasteiger partial charge >= 0.3 is 0 Å². The molecule has 0 aliphatic carbocycles. The lowest BCUT2D eigenvalue weighted by Crippen LogP contribution is -2.10. The summed E-state index contributed by atoms with van der Waals surface area (Å²) in [7, 11) is 2.03. The summed E-state index contributed by atoms with van der Waals surface area (Å²) in [5.41, 5.74) is 5.19. The summed E-state index contributed by atoms with van der Waals surface area (Å²) in [5, 5.41) is 9.72. The Morgan fingerprint density at radius 3 is 2.36 bits per heavy atom. The molecular weight excluding hydrogens is 326 g/mol. The van der Waals surface area contributed by atoms with E-state index in [1.807, 2.05) is 7.05 Å². The van der Waals surface area contributed by atoms with E-state index < -0.39 is 0 Å². The third-order valence-electron chi connectivity index (χ3n) is 4.29. The van der Waals surface area contributed by atoms with Crippen LogP contribution in [0.5, 0.6) is 0 Å². The summed E-state index contributed by atoms with van der Waals surface area (Å²) < 4.78 is 2.08. The van der Waals surface area contributed by atoms with Crippen LogP contribution in [0.25, 0.3) is 11.4 Å². The molecule has 130 valence electrons. The average Bonchev–Trinajstić information content (AvgIpc) is 2.93. The minimum absolute atomic E-state index is 0.160. The number of hydrogen-bond acceptors (Lipinski definition) is 3. The van der Waals surface area contributed by atoms with E-state index in [1.165, 1.54) is 16.7 Å². The van der Waals surface area contributed by atoms with Gasteiger partial charge in [-0.05, 0) is 23.5 Å². The van der Waals surface area contributed by atoms with Crippen LogP contribution in [0.4, 0.5) is 0 Å². The van der Waals surface area contributed by atoms with Crippen molar-refractivity contribution in [2.45, 2.75) is 44.0 Å². The van der Waals surface area contributed by atoms with Crippen LogP contribution >= 0.6 is 11.8 Å². The van der Waals surface area contributed by atoms with E-state index >= 15 is 0 Å². The smallest absolute Gasteiger partial charge is 0.191 e. The summed E-state index contributed by atoms with van der Waals surface area (Å²) in [6, 6.07) is 17.2. The third kappa shape index (κ3) is 4.13. The Balaban J connectivity index is 1.77. The lowest BCUT2D eigenvalue weighted by molar-refractivity contribution is 0.590. The molecule has 0 spiro atoms. The van der Waals surface area contributed by atoms with Crippen molar-refractivity contribution in [3.05, 3.63) is 65.2 Å². The first kappa shape index (κ1) is 17.7. The highest BCUT2D eigenvalue weighted by atomic mass is 32.2. The number of aryl methyl sites for hydroxylation is 1. The van der Waals surface area contributed by atoms with E-state index in [-0.39, 0.29) is 5.41 Å². The zero-order chi connectivity index (χ0) is 18.0. The molecule has 1 heterocycles. The fourth-order valence-electron chi connectivity index (χ4n) is 2.76. The van der Waals surface area contributed by atoms with Crippen LogP contribution in [0.3, 0.4) is 0 Å². The fourth-order valence-corrected chi connectivity index (χ4v) is 3.62. The Morgan fingerprint density at radius 2 is 1.72 bits per heavy atom. The lowest BCUT2D eigenvalue weighted by Gasteiger charge is -2.19. The second-order valence-corrected chi connectivity index (χ2v) is 8.41. The van der Waals surface area contributed by atoms with Crippen molar-refractivity contribution in [2.75, 3.05) is 0 Å². The topological polar surface area (TPSA) is 30.7 Å². The van der Waals surface area contributed by atoms with Gasteiger partial charge in [0.15, 0.2) is 11.0 Å². The summed E-state index contributed by atoms with van der Waals surface area (Å²) in [5.74, 6) is 1.81. The highest BCUT2D eigenvalue weighted by molar-refractivity contribution is 7.98. The summed E-state index contributed by atoms with van der Waals surface area (Å²) in [4.78, 5) is 0. The number of thioether (sulfide) groups is 1. The maximum absolute atomic E-state index is 4.40. The molecule has 2 aromatic carbocycles. The molecular formula is C21H25N3S. The van der Waals surface area contributed by atoms with E-state index in [0.717, 1.165) is 22.3 Å². The van der Waals surface area contributed by atoms with Crippen LogP contribution in [0.1, 0.15) is 37.5 Å². The maximum atomic E-state index is 4.40. The van der Waals surface area contributed by atoms with E-state index in [1.54, 1.807) is 11.8 Å². The van der Waals surface area contributed by atoms with Gasteiger partial charge in [-0.2, -0.15) is 0 Å². The van der Waals surface area contributed by atoms with Crippen LogP contribution in [-0.4, -0.2) is 14.8 Å². The summed E-state index contributed by atoms with van der Waals surface area (Å²) in [6.07, 6.45) is 0. The largest absolute Gasteiger partial charge is 0.305 e. The van der Waals surface area contributed by atoms with Crippen LogP contribution in [-0.2, 0) is 18.2 Å². The van der Waals surface area contributed by atoms with Crippen molar-refractivity contribution in [3.63, 3.8) is 0 Å². The maximum Gasteiger partial charge on any atom is 0.191 e. The molecule has 4 heteroatoms. The monoisotopic (exact) mass is 351 g/mol. The molecule has 25 heavy (non-hydrogen) atoms. The molecule has 0 fully saturated rings. The van der Waals surface area contributed by atoms with Crippen LogP contribution in [0.2, 0.25) is 0 Å². The molecule has 0 radical (unpaired) electrons. The van der Waals surface area contributed by atoms with Gasteiger partial charge in [-0.3, -0.25) is 0 Å². The molecule has 0 aliphatic rings. The number of hydrogen-bond donors (Lipinski definition) is 0. The number of nitrogens with zero attached hydrogens (tertiary/aromatic N) is 3. The van der Waals surface area contributed by atoms with Gasteiger partial charge in [-0.25, -0.2) is 0 Å². The molecule has 1 aromatic heterocycles. The minimum atomic E-state index is 0.160. The Labute approximate surface area is 154 Å². The molecule has 0 atom stereocenters. The molecule has 3 aromatic rings. The van der Waals surface area contributed by atoms with Gasteiger partial charge in [0.2, 0.25) is 0 Å². The zero-order valence-corrected chi connectivity index (χ0v) is 16.4. The second-order valence-electron chi connectivity index (χ2n) is 7.47. The molecule has 3 nitrogen and oxygen atoms in total. The fraction of sp³-hybridized carbons (Fsp3) is 0.333. The SMILES string of the molecule is Cc1cccc(CSc2nnc(-c3ccc(C(C)(C)C)cc3)n2C)c1. The Kier molecular flexibility index (Phi) is 5.00. The van der Waals surface area contributed by atoms with Crippen molar-refractivity contribution >= 4 is 11.8 Å². The summed E-state index contributed by atoms with van der Waals surface area (Å²) in [6.45, 7) is 8.80. The minimum Gasteiger partial charge on any atom is -0.305 e. The van der Waals surface area contributed by atoms with Crippen molar-refractivity contribution in [1.82, 2.24) is 14.8 Å². The van der Waals surface area contributed by atoms with E-state index in [0.29, 0.717) is 0 Å². The normalized spacial score (nSPS) is 11.7. The van der Waals surface area contributed by atoms with Crippen LogP contribution in [0, 0.1) is 6.92 Å². The molecule has 3 rings (SSSR count). The molecule has 0 bridgehead atoms. The number of aromatic nitrogens is 3. The number of benzene rings is 2. The van der Waals surface area contributed by atoms with Gasteiger partial charge in [0.25, 0.3) is 0 Å². The first-order valence-corrected chi connectivity index (χ1v) is 9.52. The van der Waals surface area contributed by atoms with E-state index in [9.17, 15) is 0 Å². The van der Waals surface area contributed by atoms with Gasteiger partial charge in [-0.1, -0.05) is 86.6 Å². The zero-order valence-electron chi connectivity index (χ0n) is 15.6. The third-order valence-corrected chi connectivity index (χ3v) is 5.39. The van der Waals surface area contributed by atoms with Gasteiger partial charge in [0.05, 0.1) is 0 Å². The van der Waals surface area contributed by atoms with Crippen molar-refractivity contribution in [1.29, 1.82) is 0 Å². The Bertz CT molecular complexity index is 858. The van der Waals surface area contributed by atoms with Crippen LogP contribution < -0.4 is 0 Å². The van der Waals surface area contributed by atoms with Crippen LogP contribution in [0.15, 0.2) is 53.7 Å². The van der Waals surface area contributed by atoms with E-state index in [4.69, 9.17) is 0 Å². The van der Waals surface area contributed by atoms with Gasteiger partial charge in [-0.15, -0.1) is 10.2 Å². The van der Waals surface area contributed by atoms with Crippen molar-refractivity contribution in [2.24, 2.45) is 7.05 Å². The second kappa shape index (κ2) is 7.04. The van der Waals surface area contributed by atoms with Gasteiger partial charge in [0.1, 0.15) is 0 Å². The quantitative estimate of drug-likeness (QED) is 0.591. The molecule has 0 N–H and O–H groups in total.